The first-order valence-corrected chi connectivity index (χ1v) is 9.38. The van der Waals surface area contributed by atoms with Crippen LogP contribution in [0.4, 0.5) is 0 Å². The van der Waals surface area contributed by atoms with Crippen LogP contribution in [0.15, 0.2) is 9.85 Å². The molecule has 4 aliphatic carbocycles. The Balaban J connectivity index is 1.53. The van der Waals surface area contributed by atoms with E-state index in [0.29, 0.717) is 5.78 Å². The van der Waals surface area contributed by atoms with E-state index in [1.54, 1.807) is 17.3 Å². The Morgan fingerprint density at radius 1 is 1.30 bits per heavy atom. The molecule has 0 spiro atoms. The highest BCUT2D eigenvalue weighted by atomic mass is 32.2. The molecule has 1 atom stereocenters. The van der Waals surface area contributed by atoms with Crippen LogP contribution in [0.1, 0.15) is 45.4 Å². The fourth-order valence-corrected chi connectivity index (χ4v) is 7.08. The van der Waals surface area contributed by atoms with Gasteiger partial charge in [0, 0.05) is 5.41 Å². The Morgan fingerprint density at radius 2 is 1.90 bits per heavy atom. The van der Waals surface area contributed by atoms with Crippen molar-refractivity contribution in [2.45, 2.75) is 55.0 Å². The summed E-state index contributed by atoms with van der Waals surface area (Å²) < 4.78 is 0.926. The SMILES string of the molecule is CC(Sc1nncs1)C(=O)C12CC3CC(CC(C3)C1)C2. The van der Waals surface area contributed by atoms with Crippen LogP contribution in [-0.2, 0) is 4.79 Å². The predicted molar refractivity (Wildman–Crippen MR) is 80.8 cm³/mol. The summed E-state index contributed by atoms with van der Waals surface area (Å²) in [5.41, 5.74) is 1.76. The number of thioether (sulfide) groups is 1. The van der Waals surface area contributed by atoms with Gasteiger partial charge in [-0.3, -0.25) is 4.79 Å². The standard InChI is InChI=1S/C15H20N2OS2/c1-9(20-14-17-16-8-19-14)13(18)15-5-10-2-11(6-15)4-12(3-10)7-15/h8-12H,2-7H2,1H3. The van der Waals surface area contributed by atoms with Gasteiger partial charge in [0.2, 0.25) is 0 Å². The Kier molecular flexibility index (Phi) is 3.18. The molecule has 5 rings (SSSR count). The second-order valence-corrected chi connectivity index (χ2v) is 9.45. The van der Waals surface area contributed by atoms with Gasteiger partial charge in [-0.2, -0.15) is 0 Å². The minimum absolute atomic E-state index is 0.0197. The smallest absolute Gasteiger partial charge is 0.174 e. The van der Waals surface area contributed by atoms with Crippen molar-refractivity contribution in [3.8, 4) is 0 Å². The van der Waals surface area contributed by atoms with Gasteiger partial charge < -0.3 is 0 Å². The van der Waals surface area contributed by atoms with Gasteiger partial charge in [0.15, 0.2) is 10.1 Å². The molecule has 0 aromatic carbocycles. The van der Waals surface area contributed by atoms with Crippen molar-refractivity contribution in [3.05, 3.63) is 5.51 Å². The number of nitrogens with zero attached hydrogens (tertiary/aromatic N) is 2. The van der Waals surface area contributed by atoms with Crippen molar-refractivity contribution in [2.24, 2.45) is 23.2 Å². The van der Waals surface area contributed by atoms with Crippen LogP contribution in [-0.4, -0.2) is 21.2 Å². The average molecular weight is 308 g/mol. The summed E-state index contributed by atoms with van der Waals surface area (Å²) in [6.45, 7) is 2.06. The molecule has 4 bridgehead atoms. The summed E-state index contributed by atoms with van der Waals surface area (Å²) in [6, 6.07) is 0. The summed E-state index contributed by atoms with van der Waals surface area (Å²) >= 11 is 3.14. The fourth-order valence-electron chi connectivity index (χ4n) is 5.26. The molecule has 1 aromatic rings. The molecule has 3 nitrogen and oxygen atoms in total. The molecule has 4 aliphatic rings. The lowest BCUT2D eigenvalue weighted by Gasteiger charge is -2.56. The maximum Gasteiger partial charge on any atom is 0.174 e. The Hall–Kier alpha value is -0.420. The van der Waals surface area contributed by atoms with Crippen molar-refractivity contribution in [1.29, 1.82) is 0 Å². The zero-order chi connectivity index (χ0) is 13.7. The third-order valence-corrected chi connectivity index (χ3v) is 7.46. The molecule has 4 saturated carbocycles. The summed E-state index contributed by atoms with van der Waals surface area (Å²) in [5.74, 6) is 3.01. The summed E-state index contributed by atoms with van der Waals surface area (Å²) in [5, 5.41) is 7.95. The highest BCUT2D eigenvalue weighted by Crippen LogP contribution is 2.61. The van der Waals surface area contributed by atoms with E-state index < -0.39 is 0 Å². The molecule has 0 saturated heterocycles. The van der Waals surface area contributed by atoms with Crippen LogP contribution in [0.25, 0.3) is 0 Å². The second kappa shape index (κ2) is 4.80. The zero-order valence-corrected chi connectivity index (χ0v) is 13.4. The maximum atomic E-state index is 13.1. The molecular weight excluding hydrogens is 288 g/mol. The van der Waals surface area contributed by atoms with Gasteiger partial charge in [-0.05, 0) is 63.2 Å². The number of hydrogen-bond acceptors (Lipinski definition) is 5. The first-order valence-electron chi connectivity index (χ1n) is 7.62. The van der Waals surface area contributed by atoms with E-state index >= 15 is 0 Å². The van der Waals surface area contributed by atoms with Crippen LogP contribution in [0.3, 0.4) is 0 Å². The third-order valence-electron chi connectivity index (χ3n) is 5.55. The summed E-state index contributed by atoms with van der Waals surface area (Å²) in [4.78, 5) is 13.1. The lowest BCUT2D eigenvalue weighted by atomic mass is 9.48. The Morgan fingerprint density at radius 3 is 2.40 bits per heavy atom. The number of hydrogen-bond donors (Lipinski definition) is 0. The van der Waals surface area contributed by atoms with Gasteiger partial charge in [-0.15, -0.1) is 10.2 Å². The number of carbonyl (C=O) groups is 1. The molecule has 108 valence electrons. The van der Waals surface area contributed by atoms with E-state index in [1.807, 2.05) is 0 Å². The van der Waals surface area contributed by atoms with Crippen LogP contribution < -0.4 is 0 Å². The largest absolute Gasteiger partial charge is 0.298 e. The minimum atomic E-state index is 0.0197. The predicted octanol–water partition coefficient (Wildman–Crippen LogP) is 3.80. The molecular formula is C15H20N2OS2. The van der Waals surface area contributed by atoms with Crippen molar-refractivity contribution in [2.75, 3.05) is 0 Å². The normalized spacial score (nSPS) is 40.0. The zero-order valence-electron chi connectivity index (χ0n) is 11.7. The van der Waals surface area contributed by atoms with Crippen molar-refractivity contribution in [3.63, 3.8) is 0 Å². The van der Waals surface area contributed by atoms with Crippen LogP contribution >= 0.6 is 23.1 Å². The van der Waals surface area contributed by atoms with Crippen LogP contribution in [0, 0.1) is 23.2 Å². The first-order chi connectivity index (χ1) is 9.64. The molecule has 0 amide bonds. The molecule has 0 radical (unpaired) electrons. The van der Waals surface area contributed by atoms with E-state index in [2.05, 4.69) is 17.1 Å². The van der Waals surface area contributed by atoms with Crippen LogP contribution in [0.2, 0.25) is 0 Å². The molecule has 1 heterocycles. The number of rotatable bonds is 4. The Labute approximate surface area is 127 Å². The van der Waals surface area contributed by atoms with Gasteiger partial charge in [-0.1, -0.05) is 23.1 Å². The average Bonchev–Trinajstić information content (AvgIpc) is 2.89. The fraction of sp³-hybridized carbons (Fsp3) is 0.800. The van der Waals surface area contributed by atoms with Crippen molar-refractivity contribution in [1.82, 2.24) is 10.2 Å². The molecule has 5 heteroatoms. The van der Waals surface area contributed by atoms with Crippen molar-refractivity contribution >= 4 is 28.9 Å². The van der Waals surface area contributed by atoms with Gasteiger partial charge in [0.05, 0.1) is 5.25 Å². The van der Waals surface area contributed by atoms with Crippen molar-refractivity contribution < 1.29 is 4.79 Å². The van der Waals surface area contributed by atoms with E-state index in [-0.39, 0.29) is 10.7 Å². The minimum Gasteiger partial charge on any atom is -0.298 e. The summed E-state index contributed by atoms with van der Waals surface area (Å²) in [6.07, 6.45) is 7.68. The van der Waals surface area contributed by atoms with E-state index in [4.69, 9.17) is 0 Å². The van der Waals surface area contributed by atoms with Gasteiger partial charge in [0.25, 0.3) is 0 Å². The monoisotopic (exact) mass is 308 g/mol. The number of carbonyl (C=O) groups excluding carboxylic acids is 1. The highest BCUT2D eigenvalue weighted by molar-refractivity contribution is 8.02. The third kappa shape index (κ3) is 2.13. The number of aromatic nitrogens is 2. The lowest BCUT2D eigenvalue weighted by molar-refractivity contribution is -0.142. The Bertz CT molecular complexity index is 479. The van der Waals surface area contributed by atoms with E-state index in [1.165, 1.54) is 49.9 Å². The van der Waals surface area contributed by atoms with Gasteiger partial charge in [0.1, 0.15) is 5.51 Å². The lowest BCUT2D eigenvalue weighted by Crippen LogP contribution is -2.51. The molecule has 0 N–H and O–H groups in total. The number of ketones is 1. The second-order valence-electron chi connectivity index (χ2n) is 7.03. The van der Waals surface area contributed by atoms with Crippen LogP contribution in [0.5, 0.6) is 0 Å². The molecule has 20 heavy (non-hydrogen) atoms. The maximum absolute atomic E-state index is 13.1. The highest BCUT2D eigenvalue weighted by Gasteiger charge is 2.55. The van der Waals surface area contributed by atoms with Gasteiger partial charge in [-0.25, -0.2) is 0 Å². The molecule has 0 aliphatic heterocycles. The van der Waals surface area contributed by atoms with E-state index in [0.717, 1.165) is 22.1 Å². The quantitative estimate of drug-likeness (QED) is 0.793. The first kappa shape index (κ1) is 13.3. The van der Waals surface area contributed by atoms with Gasteiger partial charge >= 0.3 is 0 Å². The topological polar surface area (TPSA) is 42.9 Å². The van der Waals surface area contributed by atoms with E-state index in [9.17, 15) is 4.79 Å². The molecule has 1 aromatic heterocycles. The molecule has 1 unspecified atom stereocenters. The molecule has 4 fully saturated rings. The summed E-state index contributed by atoms with van der Waals surface area (Å²) in [7, 11) is 0. The number of Topliss-reactive ketones (excluding diaryl/α,β-unsaturated/α-hetero) is 1.